The highest BCUT2D eigenvalue weighted by Crippen LogP contribution is 2.56. The number of carbonyl (C=O) groups excluding carboxylic acids is 1. The zero-order valence-electron chi connectivity index (χ0n) is 12.7. The molecular weight excluding hydrogens is 256 g/mol. The number of ether oxygens (including phenoxy) is 3. The summed E-state index contributed by atoms with van der Waals surface area (Å²) >= 11 is 0. The van der Waals surface area contributed by atoms with Crippen molar-refractivity contribution < 1.29 is 19.0 Å². The molecular formula is C16H22O4. The van der Waals surface area contributed by atoms with Crippen LogP contribution in [0.4, 0.5) is 0 Å². The van der Waals surface area contributed by atoms with Crippen molar-refractivity contribution in [1.29, 1.82) is 0 Å². The van der Waals surface area contributed by atoms with Crippen molar-refractivity contribution in [3.63, 3.8) is 0 Å². The zero-order valence-corrected chi connectivity index (χ0v) is 12.7. The molecule has 0 radical (unpaired) electrons. The summed E-state index contributed by atoms with van der Waals surface area (Å²) in [4.78, 5) is 11.1. The summed E-state index contributed by atoms with van der Waals surface area (Å²) in [6.45, 7) is 7.92. The number of benzene rings is 1. The SMILES string of the molecule is COc1ccc(C2(C)OC(C)C2(C)COC(C)=O)cc1. The molecule has 1 saturated heterocycles. The first-order valence-corrected chi connectivity index (χ1v) is 6.79. The second kappa shape index (κ2) is 5.09. The lowest BCUT2D eigenvalue weighted by Crippen LogP contribution is -2.65. The van der Waals surface area contributed by atoms with Crippen molar-refractivity contribution >= 4 is 5.97 Å². The summed E-state index contributed by atoms with van der Waals surface area (Å²) in [7, 11) is 1.64. The first-order valence-electron chi connectivity index (χ1n) is 6.79. The Labute approximate surface area is 120 Å². The predicted molar refractivity (Wildman–Crippen MR) is 75.6 cm³/mol. The molecule has 1 aromatic rings. The Morgan fingerprint density at radius 2 is 1.90 bits per heavy atom. The van der Waals surface area contributed by atoms with E-state index in [0.29, 0.717) is 6.61 Å². The van der Waals surface area contributed by atoms with Crippen LogP contribution in [-0.2, 0) is 19.9 Å². The quantitative estimate of drug-likeness (QED) is 0.794. The van der Waals surface area contributed by atoms with Crippen LogP contribution in [0.25, 0.3) is 0 Å². The second-order valence-corrected chi connectivity index (χ2v) is 5.72. The molecule has 0 saturated carbocycles. The Hall–Kier alpha value is -1.55. The van der Waals surface area contributed by atoms with Gasteiger partial charge in [0.2, 0.25) is 0 Å². The molecule has 0 aromatic heterocycles. The fraction of sp³-hybridized carbons (Fsp3) is 0.562. The van der Waals surface area contributed by atoms with E-state index in [2.05, 4.69) is 6.92 Å². The van der Waals surface area contributed by atoms with Gasteiger partial charge in [0.25, 0.3) is 0 Å². The first-order chi connectivity index (χ1) is 9.33. The van der Waals surface area contributed by atoms with E-state index < -0.39 is 5.60 Å². The maximum Gasteiger partial charge on any atom is 0.302 e. The highest BCUT2D eigenvalue weighted by Gasteiger charge is 2.61. The summed E-state index contributed by atoms with van der Waals surface area (Å²) in [5, 5.41) is 0. The van der Waals surface area contributed by atoms with Gasteiger partial charge in [-0.05, 0) is 31.5 Å². The van der Waals surface area contributed by atoms with Crippen molar-refractivity contribution in [2.75, 3.05) is 13.7 Å². The molecule has 1 aliphatic heterocycles. The van der Waals surface area contributed by atoms with Crippen LogP contribution in [0.15, 0.2) is 24.3 Å². The van der Waals surface area contributed by atoms with Crippen LogP contribution in [0.3, 0.4) is 0 Å². The Bertz CT molecular complexity index is 496. The van der Waals surface area contributed by atoms with Gasteiger partial charge in [0.1, 0.15) is 18.0 Å². The molecule has 0 amide bonds. The Morgan fingerprint density at radius 3 is 2.35 bits per heavy atom. The Kier molecular flexibility index (Phi) is 3.78. The van der Waals surface area contributed by atoms with E-state index in [4.69, 9.17) is 14.2 Å². The number of hydrogen-bond acceptors (Lipinski definition) is 4. The van der Waals surface area contributed by atoms with Gasteiger partial charge in [-0.25, -0.2) is 0 Å². The van der Waals surface area contributed by atoms with E-state index >= 15 is 0 Å². The molecule has 0 bridgehead atoms. The predicted octanol–water partition coefficient (Wildman–Crippen LogP) is 2.90. The van der Waals surface area contributed by atoms with Gasteiger partial charge in [-0.2, -0.15) is 0 Å². The van der Waals surface area contributed by atoms with Gasteiger partial charge >= 0.3 is 5.97 Å². The molecule has 110 valence electrons. The van der Waals surface area contributed by atoms with Crippen molar-refractivity contribution in [1.82, 2.24) is 0 Å². The van der Waals surface area contributed by atoms with Gasteiger partial charge in [0.15, 0.2) is 0 Å². The lowest BCUT2D eigenvalue weighted by molar-refractivity contribution is -0.319. The van der Waals surface area contributed by atoms with Gasteiger partial charge in [0, 0.05) is 6.92 Å². The molecule has 0 spiro atoms. The van der Waals surface area contributed by atoms with E-state index in [1.165, 1.54) is 6.92 Å². The third-order valence-electron chi connectivity index (χ3n) is 4.62. The van der Waals surface area contributed by atoms with E-state index in [1.807, 2.05) is 38.1 Å². The number of carbonyl (C=O) groups is 1. The van der Waals surface area contributed by atoms with Crippen molar-refractivity contribution in [3.05, 3.63) is 29.8 Å². The summed E-state index contributed by atoms with van der Waals surface area (Å²) in [5.74, 6) is 0.550. The maximum absolute atomic E-state index is 11.1. The van der Waals surface area contributed by atoms with Crippen molar-refractivity contribution in [3.8, 4) is 5.75 Å². The third kappa shape index (κ3) is 2.18. The molecule has 1 fully saturated rings. The molecule has 1 aliphatic rings. The van der Waals surface area contributed by atoms with Gasteiger partial charge in [-0.3, -0.25) is 4.79 Å². The number of esters is 1. The van der Waals surface area contributed by atoms with E-state index in [0.717, 1.165) is 11.3 Å². The summed E-state index contributed by atoms with van der Waals surface area (Å²) in [6.07, 6.45) is 0.0361. The highest BCUT2D eigenvalue weighted by molar-refractivity contribution is 5.66. The number of hydrogen-bond donors (Lipinski definition) is 0. The molecule has 1 aromatic carbocycles. The summed E-state index contributed by atoms with van der Waals surface area (Å²) in [5.41, 5.74) is 0.354. The van der Waals surface area contributed by atoms with Crippen LogP contribution in [0, 0.1) is 5.41 Å². The Balaban J connectivity index is 2.25. The van der Waals surface area contributed by atoms with Crippen LogP contribution in [0.1, 0.15) is 33.3 Å². The average Bonchev–Trinajstić information content (AvgIpc) is 2.44. The largest absolute Gasteiger partial charge is 0.497 e. The van der Waals surface area contributed by atoms with Crippen LogP contribution in [-0.4, -0.2) is 25.8 Å². The maximum atomic E-state index is 11.1. The van der Waals surface area contributed by atoms with Crippen LogP contribution in [0.2, 0.25) is 0 Å². The third-order valence-corrected chi connectivity index (χ3v) is 4.62. The minimum absolute atomic E-state index is 0.0361. The van der Waals surface area contributed by atoms with Gasteiger partial charge < -0.3 is 14.2 Å². The lowest BCUT2D eigenvalue weighted by Gasteiger charge is -2.60. The molecule has 3 unspecified atom stereocenters. The Morgan fingerprint density at radius 1 is 1.30 bits per heavy atom. The monoisotopic (exact) mass is 278 g/mol. The van der Waals surface area contributed by atoms with Crippen LogP contribution >= 0.6 is 0 Å². The molecule has 1 heterocycles. The van der Waals surface area contributed by atoms with E-state index in [1.54, 1.807) is 7.11 Å². The van der Waals surface area contributed by atoms with Crippen LogP contribution in [0.5, 0.6) is 5.75 Å². The molecule has 4 nitrogen and oxygen atoms in total. The molecule has 3 atom stereocenters. The topological polar surface area (TPSA) is 44.8 Å². The number of methoxy groups -OCH3 is 1. The van der Waals surface area contributed by atoms with Gasteiger partial charge in [-0.1, -0.05) is 19.1 Å². The standard InChI is InChI=1S/C16H22O4/c1-11-15(3,10-19-12(2)17)16(4,20-11)13-6-8-14(18-5)9-7-13/h6-9,11H,10H2,1-5H3. The molecule has 20 heavy (non-hydrogen) atoms. The normalized spacial score (nSPS) is 32.4. The fourth-order valence-corrected chi connectivity index (χ4v) is 2.76. The second-order valence-electron chi connectivity index (χ2n) is 5.72. The van der Waals surface area contributed by atoms with Crippen LogP contribution < -0.4 is 4.74 Å². The fourth-order valence-electron chi connectivity index (χ4n) is 2.76. The minimum Gasteiger partial charge on any atom is -0.497 e. The van der Waals surface area contributed by atoms with Gasteiger partial charge in [0.05, 0.1) is 18.6 Å². The molecule has 0 N–H and O–H groups in total. The van der Waals surface area contributed by atoms with E-state index in [-0.39, 0.29) is 17.5 Å². The minimum atomic E-state index is -0.464. The van der Waals surface area contributed by atoms with Crippen molar-refractivity contribution in [2.45, 2.75) is 39.4 Å². The highest BCUT2D eigenvalue weighted by atomic mass is 16.6. The average molecular weight is 278 g/mol. The number of rotatable bonds is 4. The molecule has 0 aliphatic carbocycles. The smallest absolute Gasteiger partial charge is 0.302 e. The molecule has 4 heteroatoms. The van der Waals surface area contributed by atoms with Crippen molar-refractivity contribution in [2.24, 2.45) is 5.41 Å². The lowest BCUT2D eigenvalue weighted by atomic mass is 9.62. The summed E-state index contributed by atoms with van der Waals surface area (Å²) in [6, 6.07) is 7.83. The summed E-state index contributed by atoms with van der Waals surface area (Å²) < 4.78 is 16.4. The van der Waals surface area contributed by atoms with E-state index in [9.17, 15) is 4.79 Å². The first kappa shape index (κ1) is 14.9. The van der Waals surface area contributed by atoms with Gasteiger partial charge in [-0.15, -0.1) is 0 Å². The molecule has 2 rings (SSSR count). The zero-order chi connectivity index (χ0) is 15.0.